The van der Waals surface area contributed by atoms with Crippen LogP contribution >= 0.6 is 0 Å². The van der Waals surface area contributed by atoms with Crippen LogP contribution in [0.25, 0.3) is 0 Å². The number of amides is 3. The number of anilines is 1. The first kappa shape index (κ1) is 82.6. The van der Waals surface area contributed by atoms with Crippen LogP contribution in [0.1, 0.15) is 152 Å². The number of allylic oxidation sites excluding steroid dienone is 7. The van der Waals surface area contributed by atoms with Gasteiger partial charge in [0.1, 0.15) is 41.7 Å². The SMILES string of the molecule is Cc1ccc2c(c1)C(C)(C)/C(=C\C=C1/CCCC(/C=C/C3=[N+](CCCCS(=O)(=O)O)c4ccccc4C3(C)C)=C1Oc1ccc(C[C@H](NC(=O)[C@@H](CC(=O)CCN(C)CCN(C)CCCC(=O)CC[C@H](NC(=O)NCCCC(=O)O)C(=O)O)Cc3ccccc3)C(=O)O)cc1)N2CCCCS(=O)(=O)O. The van der Waals surface area contributed by atoms with E-state index in [-0.39, 0.29) is 100 Å². The topological polar surface area (TPSA) is 347 Å². The molecule has 564 valence electrons. The Kier molecular flexibility index (Phi) is 30.5. The molecule has 4 aromatic rings. The molecule has 0 aromatic heterocycles. The molecule has 3 amide bonds. The lowest BCUT2D eigenvalue weighted by Gasteiger charge is -2.27. The molecule has 0 saturated heterocycles. The number of ketones is 2. The third kappa shape index (κ3) is 25.3. The zero-order valence-electron chi connectivity index (χ0n) is 60.9. The fraction of sp³-hybridized carbons (Fsp3) is 0.487. The van der Waals surface area contributed by atoms with Crippen LogP contribution in [0.15, 0.2) is 144 Å². The predicted octanol–water partition coefficient (Wildman–Crippen LogP) is 10.3. The Bertz CT molecular complexity index is 4110. The van der Waals surface area contributed by atoms with Gasteiger partial charge in [-0.3, -0.25) is 28.3 Å². The molecule has 0 unspecified atom stereocenters. The highest BCUT2D eigenvalue weighted by atomic mass is 32.2. The molecular formula is C78H104N7O17S2+. The fourth-order valence-electron chi connectivity index (χ4n) is 13.6. The minimum atomic E-state index is -4.15. The van der Waals surface area contributed by atoms with Crippen LogP contribution in [-0.4, -0.2) is 186 Å². The van der Waals surface area contributed by atoms with Gasteiger partial charge < -0.3 is 50.7 Å². The third-order valence-corrected chi connectivity index (χ3v) is 21.1. The fourth-order valence-corrected chi connectivity index (χ4v) is 14.7. The zero-order chi connectivity index (χ0) is 75.9. The summed E-state index contributed by atoms with van der Waals surface area (Å²) in [5, 5.41) is 36.5. The summed E-state index contributed by atoms with van der Waals surface area (Å²) in [5.74, 6) is -4.94. The van der Waals surface area contributed by atoms with Gasteiger partial charge in [-0.1, -0.05) is 98.3 Å². The summed E-state index contributed by atoms with van der Waals surface area (Å²) < 4.78 is 75.3. The lowest BCUT2D eigenvalue weighted by atomic mass is 9.81. The second-order valence-corrected chi connectivity index (χ2v) is 31.7. The van der Waals surface area contributed by atoms with Crippen molar-refractivity contribution >= 4 is 78.7 Å². The van der Waals surface area contributed by atoms with Crippen molar-refractivity contribution in [3.63, 3.8) is 0 Å². The van der Waals surface area contributed by atoms with E-state index >= 15 is 0 Å². The first-order valence-electron chi connectivity index (χ1n) is 35.8. The van der Waals surface area contributed by atoms with Gasteiger partial charge in [-0.15, -0.1) is 0 Å². The molecule has 24 nitrogen and oxygen atoms in total. The second kappa shape index (κ2) is 38.4. The van der Waals surface area contributed by atoms with E-state index < -0.39 is 78.9 Å². The summed E-state index contributed by atoms with van der Waals surface area (Å²) >= 11 is 0. The molecule has 3 atom stereocenters. The Balaban J connectivity index is 1.04. The number of nitrogens with one attached hydrogen (secondary N) is 3. The molecule has 4 aromatic carbocycles. The van der Waals surface area contributed by atoms with Crippen molar-refractivity contribution in [1.82, 2.24) is 25.8 Å². The number of hydrogen-bond acceptors (Lipinski definition) is 15. The predicted molar refractivity (Wildman–Crippen MR) is 400 cm³/mol. The van der Waals surface area contributed by atoms with Crippen LogP contribution in [-0.2, 0) is 72.7 Å². The van der Waals surface area contributed by atoms with E-state index in [1.165, 1.54) is 0 Å². The number of carbonyl (C=O) groups excluding carboxylic acids is 4. The van der Waals surface area contributed by atoms with Crippen LogP contribution in [0.2, 0.25) is 0 Å². The molecule has 0 fully saturated rings. The number of hydrogen-bond donors (Lipinski definition) is 8. The minimum absolute atomic E-state index is 0.0502. The number of Topliss-reactive ketones (excluding diaryl/α,β-unsaturated/α-hetero) is 2. The summed E-state index contributed by atoms with van der Waals surface area (Å²) in [4.78, 5) is 94.7. The number of likely N-dealkylation sites (N-methyl/N-ethyl adjacent to an activating group) is 2. The number of urea groups is 1. The molecule has 3 aliphatic rings. The van der Waals surface area contributed by atoms with Gasteiger partial charge in [0, 0.05) is 118 Å². The maximum absolute atomic E-state index is 14.3. The number of aliphatic carboxylic acids is 3. The van der Waals surface area contributed by atoms with Crippen molar-refractivity contribution in [3.8, 4) is 5.75 Å². The lowest BCUT2D eigenvalue weighted by Crippen LogP contribution is -2.46. The number of ether oxygens (including phenoxy) is 1. The Morgan fingerprint density at radius 2 is 1.30 bits per heavy atom. The largest absolute Gasteiger partial charge is 0.481 e. The number of benzene rings is 4. The summed E-state index contributed by atoms with van der Waals surface area (Å²) in [6, 6.07) is 27.3. The summed E-state index contributed by atoms with van der Waals surface area (Å²) in [6.45, 7) is 13.9. The highest BCUT2D eigenvalue weighted by molar-refractivity contribution is 7.86. The summed E-state index contributed by atoms with van der Waals surface area (Å²) in [6.07, 6.45) is 12.8. The van der Waals surface area contributed by atoms with Gasteiger partial charge in [0.05, 0.1) is 16.9 Å². The maximum Gasteiger partial charge on any atom is 0.326 e. The highest BCUT2D eigenvalue weighted by Gasteiger charge is 2.44. The Morgan fingerprint density at radius 3 is 1.97 bits per heavy atom. The molecule has 2 aliphatic heterocycles. The number of carbonyl (C=O) groups is 7. The van der Waals surface area contributed by atoms with Crippen molar-refractivity contribution in [3.05, 3.63) is 172 Å². The molecule has 7 rings (SSSR count). The highest BCUT2D eigenvalue weighted by Crippen LogP contribution is 2.49. The molecule has 1 aliphatic carbocycles. The minimum Gasteiger partial charge on any atom is -0.481 e. The molecule has 2 heterocycles. The van der Waals surface area contributed by atoms with E-state index in [1.807, 2.05) is 73.3 Å². The quantitative estimate of drug-likeness (QED) is 0.0116. The average Bonchev–Trinajstić information content (AvgIpc) is 1.60. The monoisotopic (exact) mass is 1470 g/mol. The van der Waals surface area contributed by atoms with Crippen LogP contribution in [0, 0.1) is 12.8 Å². The van der Waals surface area contributed by atoms with Gasteiger partial charge in [0.15, 0.2) is 5.71 Å². The number of para-hydroxylation sites is 1. The molecule has 26 heteroatoms. The van der Waals surface area contributed by atoms with Gasteiger partial charge >= 0.3 is 23.9 Å². The smallest absolute Gasteiger partial charge is 0.326 e. The molecule has 0 saturated carbocycles. The Morgan fingerprint density at radius 1 is 0.644 bits per heavy atom. The van der Waals surface area contributed by atoms with E-state index in [2.05, 4.69) is 108 Å². The number of unbranched alkanes of at least 4 members (excludes halogenated alkanes) is 2. The van der Waals surface area contributed by atoms with Crippen molar-refractivity contribution in [2.45, 2.75) is 167 Å². The third-order valence-electron chi connectivity index (χ3n) is 19.4. The maximum atomic E-state index is 14.3. The van der Waals surface area contributed by atoms with Crippen molar-refractivity contribution < 1.29 is 84.1 Å². The van der Waals surface area contributed by atoms with Crippen molar-refractivity contribution in [2.75, 3.05) is 76.3 Å². The van der Waals surface area contributed by atoms with Crippen molar-refractivity contribution in [1.29, 1.82) is 0 Å². The van der Waals surface area contributed by atoms with Gasteiger partial charge in [-0.25, -0.2) is 14.4 Å². The molecular weight excluding hydrogens is 1370 g/mol. The lowest BCUT2D eigenvalue weighted by molar-refractivity contribution is -0.438. The van der Waals surface area contributed by atoms with Crippen LogP contribution < -0.4 is 25.6 Å². The molecule has 8 N–H and O–H groups in total. The number of fused-ring (bicyclic) bond motifs is 2. The number of carboxylic acid groups (broad SMARTS) is 3. The Labute approximate surface area is 611 Å². The Hall–Kier alpha value is -8.66. The van der Waals surface area contributed by atoms with Gasteiger partial charge in [0.25, 0.3) is 20.2 Å². The van der Waals surface area contributed by atoms with E-state index in [1.54, 1.807) is 24.3 Å². The van der Waals surface area contributed by atoms with Gasteiger partial charge in [-0.05, 0) is 164 Å². The standard InChI is InChI=1S/C78H103N7O17S2/c1-54-28-37-68-64(50-54)78(4,5)70(85(68)44-14-16-49-104(99,100)101)39-32-58-23-17-22-57(31-38-69-77(2,3)63-25-11-12-26-67(63)84(69)43-13-15-48-103(96,97)98)72(58)102-62-34-29-56(30-35-62)52-66(75(93)94)80-73(90)59(51-55-20-9-8-10-21-55)53-61(87)40-45-83(7)47-46-82(6)42-19-24-60(86)33-36-65(74(91)92)81-76(95)79-41-18-27-71(88)89/h8-12,20-21,25-26,28-32,34-35,37-39,50,59,65-66H,13-19,22-24,27,33,36,40-49,51-53H2,1-7H3,(H7-,79,80,81,88,89,90,91,92,93,94,95,96,97,98,99,100,101)/p+1/t59-,65+,66+/m1/s1. The molecule has 0 spiro atoms. The van der Waals surface area contributed by atoms with Gasteiger partial charge in [-0.2, -0.15) is 21.4 Å². The average molecular weight is 1480 g/mol. The van der Waals surface area contributed by atoms with Crippen LogP contribution in [0.3, 0.4) is 0 Å². The zero-order valence-corrected chi connectivity index (χ0v) is 62.5. The first-order valence-corrected chi connectivity index (χ1v) is 39.0. The molecule has 104 heavy (non-hydrogen) atoms. The van der Waals surface area contributed by atoms with E-state index in [0.29, 0.717) is 88.4 Å². The number of carboxylic acids is 3. The summed E-state index contributed by atoms with van der Waals surface area (Å²) in [5.41, 5.74) is 9.66. The van der Waals surface area contributed by atoms with Crippen molar-refractivity contribution in [2.24, 2.45) is 5.92 Å². The first-order chi connectivity index (χ1) is 49.2. The van der Waals surface area contributed by atoms with E-state index in [9.17, 15) is 69.7 Å². The van der Waals surface area contributed by atoms with E-state index in [0.717, 1.165) is 62.6 Å². The number of nitrogens with zero attached hydrogens (tertiary/aromatic N) is 4. The summed E-state index contributed by atoms with van der Waals surface area (Å²) in [7, 11) is -4.51. The van der Waals surface area contributed by atoms with E-state index in [4.69, 9.17) is 9.84 Å². The molecule has 0 bridgehead atoms. The normalized spacial score (nSPS) is 16.6. The van der Waals surface area contributed by atoms with Crippen LogP contribution in [0.5, 0.6) is 5.75 Å². The second-order valence-electron chi connectivity index (χ2n) is 28.6. The molecule has 0 radical (unpaired) electrons. The van der Waals surface area contributed by atoms with Gasteiger partial charge in [0.2, 0.25) is 11.6 Å². The number of rotatable bonds is 43. The van der Waals surface area contributed by atoms with Crippen LogP contribution in [0.4, 0.5) is 16.2 Å². The number of aryl methyl sites for hydroxylation is 1.